The molecule has 0 amide bonds. The first-order chi connectivity index (χ1) is 15.5. The second-order valence-electron chi connectivity index (χ2n) is 7.38. The SMILES string of the molecule is COc1cc(C=Nn2c(-c3ccccc3)nc3ccccc3c2=O)cc(Br)c1OC(C)C. The van der Waals surface area contributed by atoms with Crippen molar-refractivity contribution in [2.45, 2.75) is 20.0 Å². The highest BCUT2D eigenvalue weighted by Gasteiger charge is 2.14. The number of benzene rings is 3. The van der Waals surface area contributed by atoms with Crippen LogP contribution in [0.25, 0.3) is 22.3 Å². The van der Waals surface area contributed by atoms with Gasteiger partial charge in [0.25, 0.3) is 5.56 Å². The van der Waals surface area contributed by atoms with E-state index in [1.165, 1.54) is 4.68 Å². The Kier molecular flexibility index (Phi) is 6.37. The van der Waals surface area contributed by atoms with Crippen LogP contribution in [0.5, 0.6) is 11.5 Å². The standard InChI is InChI=1S/C25H22BrN3O3/c1-16(2)32-23-20(26)13-17(14-22(23)31-3)15-27-29-24(18-9-5-4-6-10-18)28-21-12-8-7-11-19(21)25(29)30/h4-16H,1-3H3. The summed E-state index contributed by atoms with van der Waals surface area (Å²) in [5, 5.41) is 5.01. The minimum atomic E-state index is -0.239. The van der Waals surface area contributed by atoms with E-state index in [0.717, 1.165) is 15.6 Å². The molecule has 1 heterocycles. The molecule has 7 heteroatoms. The van der Waals surface area contributed by atoms with Crippen LogP contribution in [-0.2, 0) is 0 Å². The molecule has 0 unspecified atom stereocenters. The van der Waals surface area contributed by atoms with Crippen molar-refractivity contribution in [3.8, 4) is 22.9 Å². The maximum absolute atomic E-state index is 13.3. The maximum Gasteiger partial charge on any atom is 0.282 e. The Morgan fingerprint density at radius 3 is 2.50 bits per heavy atom. The van der Waals surface area contributed by atoms with Crippen LogP contribution in [0, 0.1) is 0 Å². The predicted octanol–water partition coefficient (Wildman–Crippen LogP) is 5.50. The van der Waals surface area contributed by atoms with Gasteiger partial charge >= 0.3 is 0 Å². The van der Waals surface area contributed by atoms with Crippen LogP contribution in [0.15, 0.2) is 81.1 Å². The molecule has 0 saturated carbocycles. The fourth-order valence-corrected chi connectivity index (χ4v) is 3.85. The van der Waals surface area contributed by atoms with E-state index in [1.54, 1.807) is 19.4 Å². The summed E-state index contributed by atoms with van der Waals surface area (Å²) in [6.45, 7) is 3.90. The van der Waals surface area contributed by atoms with E-state index in [-0.39, 0.29) is 11.7 Å². The molecule has 3 aromatic carbocycles. The largest absolute Gasteiger partial charge is 0.493 e. The minimum Gasteiger partial charge on any atom is -0.493 e. The van der Waals surface area contributed by atoms with E-state index in [2.05, 4.69) is 21.0 Å². The van der Waals surface area contributed by atoms with Gasteiger partial charge in [0.2, 0.25) is 0 Å². The van der Waals surface area contributed by atoms with E-state index in [4.69, 9.17) is 14.5 Å². The molecule has 0 aliphatic heterocycles. The Labute approximate surface area is 194 Å². The van der Waals surface area contributed by atoms with E-state index < -0.39 is 0 Å². The zero-order valence-electron chi connectivity index (χ0n) is 17.9. The van der Waals surface area contributed by atoms with Crippen molar-refractivity contribution in [3.63, 3.8) is 0 Å². The third-order valence-electron chi connectivity index (χ3n) is 4.71. The lowest BCUT2D eigenvalue weighted by molar-refractivity contribution is 0.228. The Morgan fingerprint density at radius 2 is 1.78 bits per heavy atom. The van der Waals surface area contributed by atoms with E-state index in [9.17, 15) is 4.79 Å². The highest BCUT2D eigenvalue weighted by atomic mass is 79.9. The molecule has 0 aliphatic carbocycles. The Bertz CT molecular complexity index is 1350. The van der Waals surface area contributed by atoms with Crippen LogP contribution in [0.4, 0.5) is 0 Å². The number of aromatic nitrogens is 2. The third-order valence-corrected chi connectivity index (χ3v) is 5.30. The molecule has 0 spiro atoms. The summed E-state index contributed by atoms with van der Waals surface area (Å²) in [5.74, 6) is 1.66. The van der Waals surface area contributed by atoms with Gasteiger partial charge in [0, 0.05) is 5.56 Å². The van der Waals surface area contributed by atoms with Crippen molar-refractivity contribution in [3.05, 3.63) is 87.1 Å². The van der Waals surface area contributed by atoms with Gasteiger partial charge in [-0.1, -0.05) is 42.5 Å². The number of hydrogen-bond acceptors (Lipinski definition) is 5. The van der Waals surface area contributed by atoms with Crippen LogP contribution in [0.3, 0.4) is 0 Å². The van der Waals surface area contributed by atoms with Gasteiger partial charge in [0.05, 0.1) is 34.8 Å². The van der Waals surface area contributed by atoms with Gasteiger partial charge in [-0.05, 0) is 59.6 Å². The number of halogens is 1. The van der Waals surface area contributed by atoms with Crippen LogP contribution in [0.2, 0.25) is 0 Å². The van der Waals surface area contributed by atoms with Gasteiger partial charge in [-0.15, -0.1) is 0 Å². The smallest absolute Gasteiger partial charge is 0.282 e. The van der Waals surface area contributed by atoms with Crippen LogP contribution >= 0.6 is 15.9 Å². The van der Waals surface area contributed by atoms with Crippen LogP contribution < -0.4 is 15.0 Å². The fraction of sp³-hybridized carbons (Fsp3) is 0.160. The molecule has 32 heavy (non-hydrogen) atoms. The van der Waals surface area contributed by atoms with Crippen molar-refractivity contribution >= 4 is 33.0 Å². The van der Waals surface area contributed by atoms with Gasteiger partial charge in [-0.3, -0.25) is 4.79 Å². The average Bonchev–Trinajstić information content (AvgIpc) is 2.80. The van der Waals surface area contributed by atoms with Crippen LogP contribution in [0.1, 0.15) is 19.4 Å². The van der Waals surface area contributed by atoms with Crippen molar-refractivity contribution in [2.24, 2.45) is 5.10 Å². The summed E-state index contributed by atoms with van der Waals surface area (Å²) >= 11 is 3.54. The van der Waals surface area contributed by atoms with Gasteiger partial charge < -0.3 is 9.47 Å². The third kappa shape index (κ3) is 4.43. The number of ether oxygens (including phenoxy) is 2. The molecule has 162 valence electrons. The molecule has 0 aliphatic rings. The normalized spacial score (nSPS) is 11.4. The fourth-order valence-electron chi connectivity index (χ4n) is 3.29. The lowest BCUT2D eigenvalue weighted by atomic mass is 10.2. The molecule has 0 saturated heterocycles. The quantitative estimate of drug-likeness (QED) is 0.333. The highest BCUT2D eigenvalue weighted by molar-refractivity contribution is 9.10. The highest BCUT2D eigenvalue weighted by Crippen LogP contribution is 2.37. The van der Waals surface area contributed by atoms with Crippen molar-refractivity contribution in [1.29, 1.82) is 0 Å². The van der Waals surface area contributed by atoms with Gasteiger partial charge in [-0.2, -0.15) is 9.78 Å². The molecule has 0 N–H and O–H groups in total. The predicted molar refractivity (Wildman–Crippen MR) is 131 cm³/mol. The lowest BCUT2D eigenvalue weighted by Crippen LogP contribution is -2.20. The Balaban J connectivity index is 1.85. The molecule has 0 fully saturated rings. The average molecular weight is 492 g/mol. The second kappa shape index (κ2) is 9.36. The van der Waals surface area contributed by atoms with Gasteiger partial charge in [0.15, 0.2) is 17.3 Å². The molecule has 0 atom stereocenters. The number of fused-ring (bicyclic) bond motifs is 1. The van der Waals surface area contributed by atoms with Gasteiger partial charge in [0.1, 0.15) is 0 Å². The minimum absolute atomic E-state index is 0.00426. The second-order valence-corrected chi connectivity index (χ2v) is 8.24. The molecule has 0 radical (unpaired) electrons. The first-order valence-corrected chi connectivity index (χ1v) is 10.9. The first-order valence-electron chi connectivity index (χ1n) is 10.1. The topological polar surface area (TPSA) is 65.7 Å². The van der Waals surface area contributed by atoms with Gasteiger partial charge in [-0.25, -0.2) is 4.98 Å². The Morgan fingerprint density at radius 1 is 1.06 bits per heavy atom. The number of para-hydroxylation sites is 1. The summed E-state index contributed by atoms with van der Waals surface area (Å²) < 4.78 is 13.4. The lowest BCUT2D eigenvalue weighted by Gasteiger charge is -2.15. The monoisotopic (exact) mass is 491 g/mol. The van der Waals surface area contributed by atoms with E-state index in [1.807, 2.05) is 74.5 Å². The number of nitrogens with zero attached hydrogens (tertiary/aromatic N) is 3. The molecule has 6 nitrogen and oxygen atoms in total. The molecular weight excluding hydrogens is 470 g/mol. The molecule has 4 rings (SSSR count). The van der Waals surface area contributed by atoms with Crippen molar-refractivity contribution in [2.75, 3.05) is 7.11 Å². The van der Waals surface area contributed by atoms with E-state index >= 15 is 0 Å². The molecule has 4 aromatic rings. The number of rotatable bonds is 6. The summed E-state index contributed by atoms with van der Waals surface area (Å²) in [5.41, 5.74) is 1.93. The summed E-state index contributed by atoms with van der Waals surface area (Å²) in [7, 11) is 1.58. The summed E-state index contributed by atoms with van der Waals surface area (Å²) in [6, 6.07) is 20.5. The summed E-state index contributed by atoms with van der Waals surface area (Å²) in [6.07, 6.45) is 1.60. The zero-order valence-corrected chi connectivity index (χ0v) is 19.5. The van der Waals surface area contributed by atoms with Crippen molar-refractivity contribution in [1.82, 2.24) is 9.66 Å². The van der Waals surface area contributed by atoms with E-state index in [0.29, 0.717) is 28.2 Å². The molecule has 1 aromatic heterocycles. The summed E-state index contributed by atoms with van der Waals surface area (Å²) in [4.78, 5) is 18.0. The Hall–Kier alpha value is -3.45. The molecule has 0 bridgehead atoms. The molecular formula is C25H22BrN3O3. The van der Waals surface area contributed by atoms with Crippen LogP contribution in [-0.4, -0.2) is 29.1 Å². The number of methoxy groups -OCH3 is 1. The number of hydrogen-bond donors (Lipinski definition) is 0. The maximum atomic E-state index is 13.3. The first kappa shape index (κ1) is 21.8. The van der Waals surface area contributed by atoms with Crippen molar-refractivity contribution < 1.29 is 9.47 Å². The zero-order chi connectivity index (χ0) is 22.7.